The van der Waals surface area contributed by atoms with E-state index < -0.39 is 0 Å². The van der Waals surface area contributed by atoms with Crippen LogP contribution in [0.25, 0.3) is 0 Å². The van der Waals surface area contributed by atoms with Crippen molar-refractivity contribution in [2.45, 2.75) is 26.1 Å². The maximum Gasteiger partial charge on any atom is 0.129 e. The van der Waals surface area contributed by atoms with E-state index in [-0.39, 0.29) is 6.04 Å². The molecular formula is C15H20N2O2. The minimum Gasteiger partial charge on any atom is -0.462 e. The molecule has 4 nitrogen and oxygen atoms in total. The van der Waals surface area contributed by atoms with Crippen molar-refractivity contribution < 1.29 is 9.15 Å². The number of hydrogen-bond donors (Lipinski definition) is 0. The Labute approximate surface area is 114 Å². The Kier molecular flexibility index (Phi) is 4.71. The van der Waals surface area contributed by atoms with Crippen molar-refractivity contribution >= 4 is 0 Å². The first-order valence-electron chi connectivity index (χ1n) is 6.38. The number of rotatable bonds is 6. The third-order valence-electron chi connectivity index (χ3n) is 3.19. The first-order chi connectivity index (χ1) is 9.20. The van der Waals surface area contributed by atoms with Gasteiger partial charge in [-0.1, -0.05) is 6.07 Å². The van der Waals surface area contributed by atoms with E-state index in [1.54, 1.807) is 7.11 Å². The molecule has 0 N–H and O–H groups in total. The second-order valence-corrected chi connectivity index (χ2v) is 4.65. The van der Waals surface area contributed by atoms with Crippen LogP contribution in [0.5, 0.6) is 0 Å². The molecule has 19 heavy (non-hydrogen) atoms. The number of methoxy groups -OCH3 is 1. The number of aromatic nitrogens is 1. The Morgan fingerprint density at radius 2 is 2.05 bits per heavy atom. The van der Waals surface area contributed by atoms with Gasteiger partial charge in [0.05, 0.1) is 12.2 Å². The molecule has 2 aromatic rings. The van der Waals surface area contributed by atoms with E-state index in [0.717, 1.165) is 23.8 Å². The molecule has 1 atom stereocenters. The molecule has 2 rings (SSSR count). The minimum absolute atomic E-state index is 0.247. The Morgan fingerprint density at radius 1 is 1.26 bits per heavy atom. The lowest BCUT2D eigenvalue weighted by Gasteiger charge is -2.23. The van der Waals surface area contributed by atoms with Crippen molar-refractivity contribution in [3.8, 4) is 0 Å². The zero-order valence-electron chi connectivity index (χ0n) is 11.7. The quantitative estimate of drug-likeness (QED) is 0.800. The summed E-state index contributed by atoms with van der Waals surface area (Å²) >= 11 is 0. The van der Waals surface area contributed by atoms with Gasteiger partial charge in [-0.2, -0.15) is 0 Å². The highest BCUT2D eigenvalue weighted by Gasteiger charge is 2.14. The first kappa shape index (κ1) is 13.8. The fraction of sp³-hybridized carbons (Fsp3) is 0.400. The van der Waals surface area contributed by atoms with E-state index in [1.165, 1.54) is 0 Å². The lowest BCUT2D eigenvalue weighted by Crippen LogP contribution is -2.22. The standard InChI is InChI=1S/C15H20N2O2/c1-12(15-6-4-5-9-16-15)17(2)10-13-7-8-14(19-13)11-18-3/h4-9,12H,10-11H2,1-3H3/t12-/m1/s1. The summed E-state index contributed by atoms with van der Waals surface area (Å²) in [6.07, 6.45) is 1.82. The molecule has 0 aromatic carbocycles. The van der Waals surface area contributed by atoms with Crippen molar-refractivity contribution in [1.29, 1.82) is 0 Å². The van der Waals surface area contributed by atoms with Crippen LogP contribution in [-0.2, 0) is 17.9 Å². The molecule has 0 saturated carbocycles. The molecule has 0 aliphatic carbocycles. The summed E-state index contributed by atoms with van der Waals surface area (Å²) in [5.41, 5.74) is 1.06. The summed E-state index contributed by atoms with van der Waals surface area (Å²) in [6.45, 7) is 3.41. The zero-order chi connectivity index (χ0) is 13.7. The highest BCUT2D eigenvalue weighted by Crippen LogP contribution is 2.19. The highest BCUT2D eigenvalue weighted by molar-refractivity contribution is 5.10. The van der Waals surface area contributed by atoms with Crippen LogP contribution in [0.2, 0.25) is 0 Å². The average Bonchev–Trinajstić information content (AvgIpc) is 2.86. The molecule has 0 radical (unpaired) electrons. The lowest BCUT2D eigenvalue weighted by atomic mass is 10.2. The molecule has 0 aliphatic rings. The third-order valence-corrected chi connectivity index (χ3v) is 3.19. The molecule has 102 valence electrons. The van der Waals surface area contributed by atoms with Crippen molar-refractivity contribution in [3.63, 3.8) is 0 Å². The van der Waals surface area contributed by atoms with Crippen LogP contribution in [0.3, 0.4) is 0 Å². The monoisotopic (exact) mass is 260 g/mol. The van der Waals surface area contributed by atoms with Crippen molar-refractivity contribution in [3.05, 3.63) is 53.7 Å². The zero-order valence-corrected chi connectivity index (χ0v) is 11.7. The Balaban J connectivity index is 1.98. The van der Waals surface area contributed by atoms with Crippen LogP contribution in [0.4, 0.5) is 0 Å². The SMILES string of the molecule is COCc1ccc(CN(C)[C@H](C)c2ccccn2)o1. The van der Waals surface area contributed by atoms with Gasteiger partial charge < -0.3 is 9.15 Å². The van der Waals surface area contributed by atoms with Crippen LogP contribution in [0.1, 0.15) is 30.2 Å². The molecule has 0 saturated heterocycles. The summed E-state index contributed by atoms with van der Waals surface area (Å²) < 4.78 is 10.7. The van der Waals surface area contributed by atoms with E-state index in [9.17, 15) is 0 Å². The smallest absolute Gasteiger partial charge is 0.129 e. The van der Waals surface area contributed by atoms with Gasteiger partial charge in [-0.05, 0) is 38.2 Å². The van der Waals surface area contributed by atoms with Gasteiger partial charge in [-0.3, -0.25) is 9.88 Å². The van der Waals surface area contributed by atoms with E-state index in [2.05, 4.69) is 23.9 Å². The van der Waals surface area contributed by atoms with Crippen LogP contribution in [0.15, 0.2) is 40.9 Å². The molecule has 4 heteroatoms. The van der Waals surface area contributed by atoms with Gasteiger partial charge in [0.2, 0.25) is 0 Å². The topological polar surface area (TPSA) is 38.5 Å². The number of furan rings is 1. The Morgan fingerprint density at radius 3 is 2.74 bits per heavy atom. The maximum absolute atomic E-state index is 5.69. The lowest BCUT2D eigenvalue weighted by molar-refractivity contribution is 0.158. The highest BCUT2D eigenvalue weighted by atomic mass is 16.5. The van der Waals surface area contributed by atoms with Crippen LogP contribution in [-0.4, -0.2) is 24.0 Å². The first-order valence-corrected chi connectivity index (χ1v) is 6.38. The molecule has 0 fully saturated rings. The number of pyridine rings is 1. The van der Waals surface area contributed by atoms with Gasteiger partial charge in [-0.15, -0.1) is 0 Å². The number of hydrogen-bond acceptors (Lipinski definition) is 4. The van der Waals surface area contributed by atoms with Crippen molar-refractivity contribution in [2.24, 2.45) is 0 Å². The van der Waals surface area contributed by atoms with Gasteiger partial charge in [0, 0.05) is 19.3 Å². The predicted molar refractivity (Wildman–Crippen MR) is 73.5 cm³/mol. The summed E-state index contributed by atoms with van der Waals surface area (Å²) in [6, 6.07) is 10.2. The van der Waals surface area contributed by atoms with Crippen LogP contribution >= 0.6 is 0 Å². The molecular weight excluding hydrogens is 240 g/mol. The Hall–Kier alpha value is -1.65. The largest absolute Gasteiger partial charge is 0.462 e. The van der Waals surface area contributed by atoms with Crippen molar-refractivity contribution in [2.75, 3.05) is 14.2 Å². The molecule has 0 amide bonds. The van der Waals surface area contributed by atoms with Crippen LogP contribution < -0.4 is 0 Å². The van der Waals surface area contributed by atoms with E-state index >= 15 is 0 Å². The summed E-state index contributed by atoms with van der Waals surface area (Å²) in [5, 5.41) is 0. The van der Waals surface area contributed by atoms with E-state index in [4.69, 9.17) is 9.15 Å². The summed E-state index contributed by atoms with van der Waals surface area (Å²) in [4.78, 5) is 6.59. The van der Waals surface area contributed by atoms with Crippen LogP contribution in [0, 0.1) is 0 Å². The van der Waals surface area contributed by atoms with Gasteiger partial charge in [0.25, 0.3) is 0 Å². The minimum atomic E-state index is 0.247. The third kappa shape index (κ3) is 3.66. The van der Waals surface area contributed by atoms with Crippen molar-refractivity contribution in [1.82, 2.24) is 9.88 Å². The maximum atomic E-state index is 5.69. The predicted octanol–water partition coefficient (Wildman–Crippen LogP) is 3.01. The van der Waals surface area contributed by atoms with E-state index in [0.29, 0.717) is 6.61 Å². The van der Waals surface area contributed by atoms with Gasteiger partial charge in [0.15, 0.2) is 0 Å². The molecule has 0 unspecified atom stereocenters. The molecule has 0 aliphatic heterocycles. The number of ether oxygens (including phenoxy) is 1. The van der Waals surface area contributed by atoms with Gasteiger partial charge in [0.1, 0.15) is 18.1 Å². The molecule has 0 bridgehead atoms. The fourth-order valence-corrected chi connectivity index (χ4v) is 1.96. The molecule has 2 aromatic heterocycles. The fourth-order valence-electron chi connectivity index (χ4n) is 1.96. The molecule has 2 heterocycles. The second-order valence-electron chi connectivity index (χ2n) is 4.65. The number of nitrogens with zero attached hydrogens (tertiary/aromatic N) is 2. The van der Waals surface area contributed by atoms with Gasteiger partial charge in [-0.25, -0.2) is 0 Å². The second kappa shape index (κ2) is 6.50. The molecule has 0 spiro atoms. The normalized spacial score (nSPS) is 12.8. The Bertz CT molecular complexity index is 496. The average molecular weight is 260 g/mol. The van der Waals surface area contributed by atoms with E-state index in [1.807, 2.05) is 36.5 Å². The summed E-state index contributed by atoms with van der Waals surface area (Å²) in [7, 11) is 3.73. The summed E-state index contributed by atoms with van der Waals surface area (Å²) in [5.74, 6) is 1.80. The van der Waals surface area contributed by atoms with Gasteiger partial charge >= 0.3 is 0 Å².